The zero-order valence-electron chi connectivity index (χ0n) is 13.4. The molecule has 1 aromatic rings. The number of nitrogens with one attached hydrogen (secondary N) is 1. The predicted octanol–water partition coefficient (Wildman–Crippen LogP) is 4.30. The molecule has 0 aliphatic carbocycles. The van der Waals surface area contributed by atoms with E-state index in [1.165, 1.54) is 56.4 Å². The van der Waals surface area contributed by atoms with Gasteiger partial charge in [-0.25, -0.2) is 0 Å². The lowest BCUT2D eigenvalue weighted by atomic mass is 9.96. The summed E-state index contributed by atoms with van der Waals surface area (Å²) in [5.41, 5.74) is 4.47. The Kier molecular flexibility index (Phi) is 5.90. The summed E-state index contributed by atoms with van der Waals surface area (Å²) < 4.78 is 0. The second-order valence-electron chi connectivity index (χ2n) is 5.97. The van der Waals surface area contributed by atoms with Crippen molar-refractivity contribution in [3.05, 3.63) is 29.3 Å². The fourth-order valence-electron chi connectivity index (χ4n) is 3.17. The number of fused-ring (bicyclic) bond motifs is 1. The molecule has 112 valence electrons. The van der Waals surface area contributed by atoms with Crippen molar-refractivity contribution in [2.24, 2.45) is 0 Å². The SMILES string of the molecule is CCCCCN1CCCc2cc(C(C)NCC)ccc21. The first-order valence-corrected chi connectivity index (χ1v) is 8.37. The molecule has 0 spiro atoms. The van der Waals surface area contributed by atoms with E-state index in [0.717, 1.165) is 6.54 Å². The number of benzene rings is 1. The molecular formula is C18H30N2. The van der Waals surface area contributed by atoms with Crippen LogP contribution in [0.3, 0.4) is 0 Å². The molecule has 1 unspecified atom stereocenters. The Morgan fingerprint density at radius 2 is 2.10 bits per heavy atom. The monoisotopic (exact) mass is 274 g/mol. The van der Waals surface area contributed by atoms with Crippen molar-refractivity contribution in [2.75, 3.05) is 24.5 Å². The Morgan fingerprint density at radius 3 is 2.85 bits per heavy atom. The van der Waals surface area contributed by atoms with E-state index in [1.807, 2.05) is 0 Å². The van der Waals surface area contributed by atoms with Crippen molar-refractivity contribution < 1.29 is 0 Å². The first-order valence-electron chi connectivity index (χ1n) is 8.37. The molecule has 1 aliphatic heterocycles. The highest BCUT2D eigenvalue weighted by atomic mass is 15.1. The van der Waals surface area contributed by atoms with Crippen LogP contribution in [0.25, 0.3) is 0 Å². The van der Waals surface area contributed by atoms with Crippen molar-refractivity contribution in [1.82, 2.24) is 5.32 Å². The number of aryl methyl sites for hydroxylation is 1. The average molecular weight is 274 g/mol. The van der Waals surface area contributed by atoms with Gasteiger partial charge in [-0.05, 0) is 49.9 Å². The summed E-state index contributed by atoms with van der Waals surface area (Å²) in [6, 6.07) is 7.54. The fraction of sp³-hybridized carbons (Fsp3) is 0.667. The highest BCUT2D eigenvalue weighted by Gasteiger charge is 2.17. The van der Waals surface area contributed by atoms with E-state index in [-0.39, 0.29) is 0 Å². The fourth-order valence-corrected chi connectivity index (χ4v) is 3.17. The molecule has 0 saturated heterocycles. The van der Waals surface area contributed by atoms with E-state index >= 15 is 0 Å². The van der Waals surface area contributed by atoms with E-state index in [2.05, 4.69) is 49.2 Å². The zero-order chi connectivity index (χ0) is 14.4. The predicted molar refractivity (Wildman–Crippen MR) is 88.6 cm³/mol. The smallest absolute Gasteiger partial charge is 0.0398 e. The van der Waals surface area contributed by atoms with E-state index in [9.17, 15) is 0 Å². The van der Waals surface area contributed by atoms with Crippen LogP contribution in [-0.2, 0) is 6.42 Å². The average Bonchev–Trinajstić information content (AvgIpc) is 2.47. The standard InChI is InChI=1S/C18H30N2/c1-4-6-7-12-20-13-8-9-17-14-16(10-11-18(17)20)15(3)19-5-2/h10-11,14-15,19H,4-9,12-13H2,1-3H3. The van der Waals surface area contributed by atoms with Crippen LogP contribution < -0.4 is 10.2 Å². The number of anilines is 1. The van der Waals surface area contributed by atoms with E-state index in [0.29, 0.717) is 6.04 Å². The van der Waals surface area contributed by atoms with E-state index in [1.54, 1.807) is 5.56 Å². The van der Waals surface area contributed by atoms with Crippen LogP contribution in [0, 0.1) is 0 Å². The van der Waals surface area contributed by atoms with Gasteiger partial charge < -0.3 is 10.2 Å². The summed E-state index contributed by atoms with van der Waals surface area (Å²) in [7, 11) is 0. The topological polar surface area (TPSA) is 15.3 Å². The number of rotatable bonds is 7. The lowest BCUT2D eigenvalue weighted by Gasteiger charge is -2.32. The van der Waals surface area contributed by atoms with Crippen molar-refractivity contribution >= 4 is 5.69 Å². The highest BCUT2D eigenvalue weighted by molar-refractivity contribution is 5.57. The third kappa shape index (κ3) is 3.76. The van der Waals surface area contributed by atoms with Gasteiger partial charge in [0, 0.05) is 24.8 Å². The minimum Gasteiger partial charge on any atom is -0.371 e. The van der Waals surface area contributed by atoms with Gasteiger partial charge in [0.15, 0.2) is 0 Å². The third-order valence-corrected chi connectivity index (χ3v) is 4.36. The third-order valence-electron chi connectivity index (χ3n) is 4.36. The van der Waals surface area contributed by atoms with Gasteiger partial charge in [0.05, 0.1) is 0 Å². The molecule has 1 heterocycles. The number of hydrogen-bond donors (Lipinski definition) is 1. The Bertz CT molecular complexity index is 414. The summed E-state index contributed by atoms with van der Waals surface area (Å²) in [6.45, 7) is 10.2. The van der Waals surface area contributed by atoms with Gasteiger partial charge in [0.25, 0.3) is 0 Å². The lowest BCUT2D eigenvalue weighted by Crippen LogP contribution is -2.30. The first-order chi connectivity index (χ1) is 9.76. The Hall–Kier alpha value is -1.02. The van der Waals surface area contributed by atoms with Crippen LogP contribution in [0.1, 0.15) is 63.6 Å². The Balaban J connectivity index is 2.09. The van der Waals surface area contributed by atoms with Gasteiger partial charge in [0.1, 0.15) is 0 Å². The number of nitrogens with zero attached hydrogens (tertiary/aromatic N) is 1. The van der Waals surface area contributed by atoms with Crippen LogP contribution >= 0.6 is 0 Å². The highest BCUT2D eigenvalue weighted by Crippen LogP contribution is 2.30. The van der Waals surface area contributed by atoms with Gasteiger partial charge >= 0.3 is 0 Å². The second kappa shape index (κ2) is 7.68. The molecule has 2 heteroatoms. The van der Waals surface area contributed by atoms with Crippen LogP contribution in [0.5, 0.6) is 0 Å². The molecule has 1 aromatic carbocycles. The van der Waals surface area contributed by atoms with Crippen LogP contribution in [0.15, 0.2) is 18.2 Å². The van der Waals surface area contributed by atoms with Gasteiger partial charge in [-0.15, -0.1) is 0 Å². The molecule has 0 aromatic heterocycles. The summed E-state index contributed by atoms with van der Waals surface area (Å²) in [5.74, 6) is 0. The minimum atomic E-state index is 0.459. The lowest BCUT2D eigenvalue weighted by molar-refractivity contribution is 0.595. The zero-order valence-corrected chi connectivity index (χ0v) is 13.4. The maximum Gasteiger partial charge on any atom is 0.0398 e. The molecule has 0 bridgehead atoms. The molecule has 0 radical (unpaired) electrons. The summed E-state index contributed by atoms with van der Waals surface area (Å²) >= 11 is 0. The second-order valence-corrected chi connectivity index (χ2v) is 5.97. The van der Waals surface area contributed by atoms with Crippen molar-refractivity contribution in [1.29, 1.82) is 0 Å². The molecule has 0 saturated carbocycles. The van der Waals surface area contributed by atoms with Crippen LogP contribution in [0.4, 0.5) is 5.69 Å². The molecule has 1 N–H and O–H groups in total. The van der Waals surface area contributed by atoms with E-state index in [4.69, 9.17) is 0 Å². The van der Waals surface area contributed by atoms with Crippen LogP contribution in [0.2, 0.25) is 0 Å². The van der Waals surface area contributed by atoms with E-state index < -0.39 is 0 Å². The number of hydrogen-bond acceptors (Lipinski definition) is 2. The molecule has 2 nitrogen and oxygen atoms in total. The molecular weight excluding hydrogens is 244 g/mol. The summed E-state index contributed by atoms with van der Waals surface area (Å²) in [6.07, 6.45) is 6.52. The maximum absolute atomic E-state index is 3.51. The normalized spacial score (nSPS) is 16.1. The molecule has 0 amide bonds. The molecule has 20 heavy (non-hydrogen) atoms. The molecule has 1 aliphatic rings. The molecule has 0 fully saturated rings. The van der Waals surface area contributed by atoms with Crippen molar-refractivity contribution in [3.8, 4) is 0 Å². The van der Waals surface area contributed by atoms with Gasteiger partial charge in [-0.1, -0.05) is 38.8 Å². The Labute approximate surface area is 124 Å². The van der Waals surface area contributed by atoms with Crippen molar-refractivity contribution in [2.45, 2.75) is 58.9 Å². The molecule has 2 rings (SSSR count). The van der Waals surface area contributed by atoms with Crippen LogP contribution in [-0.4, -0.2) is 19.6 Å². The largest absolute Gasteiger partial charge is 0.371 e. The minimum absolute atomic E-state index is 0.459. The Morgan fingerprint density at radius 1 is 1.25 bits per heavy atom. The van der Waals surface area contributed by atoms with Gasteiger partial charge in [-0.2, -0.15) is 0 Å². The summed E-state index contributed by atoms with van der Waals surface area (Å²) in [5, 5.41) is 3.51. The van der Waals surface area contributed by atoms with Gasteiger partial charge in [0.2, 0.25) is 0 Å². The van der Waals surface area contributed by atoms with Gasteiger partial charge in [-0.3, -0.25) is 0 Å². The maximum atomic E-state index is 3.51. The quantitative estimate of drug-likeness (QED) is 0.746. The van der Waals surface area contributed by atoms with Crippen molar-refractivity contribution in [3.63, 3.8) is 0 Å². The molecule has 1 atom stereocenters. The number of unbranched alkanes of at least 4 members (excludes halogenated alkanes) is 2. The summed E-state index contributed by atoms with van der Waals surface area (Å²) in [4.78, 5) is 2.59. The first kappa shape index (κ1) is 15.4.